The first-order chi connectivity index (χ1) is 10.5. The van der Waals surface area contributed by atoms with Crippen molar-refractivity contribution in [3.63, 3.8) is 0 Å². The average molecular weight is 365 g/mol. The van der Waals surface area contributed by atoms with Crippen LogP contribution in [0.3, 0.4) is 0 Å². The van der Waals surface area contributed by atoms with E-state index in [1.165, 1.54) is 0 Å². The van der Waals surface area contributed by atoms with Gasteiger partial charge in [0.25, 0.3) is 0 Å². The Hall–Kier alpha value is -2.15. The van der Waals surface area contributed by atoms with E-state index in [1.807, 2.05) is 26.0 Å². The molecule has 0 fully saturated rings. The van der Waals surface area contributed by atoms with Crippen LogP contribution in [0.5, 0.6) is 11.5 Å². The number of halogens is 1. The third-order valence-corrected chi connectivity index (χ3v) is 3.47. The Morgan fingerprint density at radius 1 is 1.05 bits per heavy atom. The van der Waals surface area contributed by atoms with Crippen molar-refractivity contribution in [3.05, 3.63) is 39.6 Å². The fourth-order valence-electron chi connectivity index (χ4n) is 1.92. The summed E-state index contributed by atoms with van der Waals surface area (Å²) in [6.07, 6.45) is 1.64. The van der Waals surface area contributed by atoms with Gasteiger partial charge in [-0.1, -0.05) is 0 Å². The van der Waals surface area contributed by atoms with Crippen molar-refractivity contribution in [3.8, 4) is 11.5 Å². The van der Waals surface area contributed by atoms with E-state index in [-0.39, 0.29) is 0 Å². The monoisotopic (exact) mass is 364 g/mol. The van der Waals surface area contributed by atoms with Gasteiger partial charge in [0.15, 0.2) is 0 Å². The molecule has 0 unspecified atom stereocenters. The van der Waals surface area contributed by atoms with E-state index in [9.17, 15) is 0 Å². The fourth-order valence-corrected chi connectivity index (χ4v) is 2.44. The Labute approximate surface area is 137 Å². The highest BCUT2D eigenvalue weighted by molar-refractivity contribution is 9.10. The average Bonchev–Trinajstić information content (AvgIpc) is 2.46. The molecule has 0 spiro atoms. The summed E-state index contributed by atoms with van der Waals surface area (Å²) in [6.45, 7) is 3.82. The summed E-state index contributed by atoms with van der Waals surface area (Å²) in [6, 6.07) is 5.56. The molecule has 2 aromatic rings. The number of anilines is 1. The lowest BCUT2D eigenvalue weighted by atomic mass is 10.2. The summed E-state index contributed by atoms with van der Waals surface area (Å²) in [7, 11) is 3.20. The van der Waals surface area contributed by atoms with Crippen LogP contribution in [0, 0.1) is 13.8 Å². The number of nitrogens with zero attached hydrogens (tertiary/aromatic N) is 3. The van der Waals surface area contributed by atoms with E-state index in [0.29, 0.717) is 17.4 Å². The lowest BCUT2D eigenvalue weighted by Gasteiger charge is -2.09. The number of rotatable bonds is 5. The molecule has 0 aliphatic rings. The summed E-state index contributed by atoms with van der Waals surface area (Å²) in [4.78, 5) is 8.51. The molecule has 1 N–H and O–H groups in total. The predicted octanol–water partition coefficient (Wildman–Crippen LogP) is 3.32. The van der Waals surface area contributed by atoms with Crippen LogP contribution in [0.2, 0.25) is 0 Å². The highest BCUT2D eigenvalue weighted by atomic mass is 79.9. The van der Waals surface area contributed by atoms with E-state index >= 15 is 0 Å². The molecule has 0 saturated carbocycles. The fraction of sp³-hybridized carbons (Fsp3) is 0.267. The number of hydrogen-bond acceptors (Lipinski definition) is 6. The number of aryl methyl sites for hydroxylation is 2. The van der Waals surface area contributed by atoms with E-state index < -0.39 is 0 Å². The maximum absolute atomic E-state index is 5.33. The first kappa shape index (κ1) is 16.2. The molecular weight excluding hydrogens is 348 g/mol. The van der Waals surface area contributed by atoms with Crippen molar-refractivity contribution in [2.75, 3.05) is 19.6 Å². The number of hydrogen-bond donors (Lipinski definition) is 1. The van der Waals surface area contributed by atoms with Gasteiger partial charge in [-0.05, 0) is 41.9 Å². The van der Waals surface area contributed by atoms with Crippen LogP contribution in [0.4, 0.5) is 5.95 Å². The molecule has 0 atom stereocenters. The van der Waals surface area contributed by atoms with Crippen LogP contribution in [0.15, 0.2) is 27.8 Å². The van der Waals surface area contributed by atoms with Gasteiger partial charge in [0, 0.05) is 23.0 Å². The number of aromatic nitrogens is 2. The number of benzene rings is 1. The van der Waals surface area contributed by atoms with Gasteiger partial charge >= 0.3 is 0 Å². The van der Waals surface area contributed by atoms with E-state index in [4.69, 9.17) is 9.47 Å². The second-order valence-corrected chi connectivity index (χ2v) is 5.43. The number of hydrazone groups is 1. The van der Waals surface area contributed by atoms with Crippen molar-refractivity contribution in [2.24, 2.45) is 5.10 Å². The zero-order valence-corrected chi connectivity index (χ0v) is 14.4. The van der Waals surface area contributed by atoms with E-state index in [0.717, 1.165) is 21.4 Å². The molecular formula is C15H17BrN4O2. The van der Waals surface area contributed by atoms with Gasteiger partial charge in [0.1, 0.15) is 11.5 Å². The smallest absolute Gasteiger partial charge is 0.243 e. The summed E-state index contributed by atoms with van der Waals surface area (Å²) in [5, 5.41) is 4.16. The van der Waals surface area contributed by atoms with Crippen LogP contribution >= 0.6 is 15.9 Å². The zero-order valence-electron chi connectivity index (χ0n) is 12.8. The van der Waals surface area contributed by atoms with Gasteiger partial charge in [-0.2, -0.15) is 5.10 Å². The minimum atomic E-state index is 0.459. The standard InChI is InChI=1S/C15H17BrN4O2/c1-9-5-10(2)19-15(18-9)20-17-8-11-6-12(16)14(22-4)7-13(11)21-3/h5-8H,1-4H3,(H,18,19,20)/b17-8+. The van der Waals surface area contributed by atoms with Crippen LogP contribution in [-0.4, -0.2) is 30.4 Å². The first-order valence-electron chi connectivity index (χ1n) is 6.56. The quantitative estimate of drug-likeness (QED) is 0.650. The van der Waals surface area contributed by atoms with Crippen molar-refractivity contribution in [1.29, 1.82) is 0 Å². The van der Waals surface area contributed by atoms with Gasteiger partial charge in [0.05, 0.1) is 24.9 Å². The molecule has 1 aromatic carbocycles. The Morgan fingerprint density at radius 2 is 1.68 bits per heavy atom. The van der Waals surface area contributed by atoms with Crippen LogP contribution in [-0.2, 0) is 0 Å². The van der Waals surface area contributed by atoms with Gasteiger partial charge in [-0.25, -0.2) is 15.4 Å². The van der Waals surface area contributed by atoms with Crippen LogP contribution in [0.25, 0.3) is 0 Å². The van der Waals surface area contributed by atoms with Crippen LogP contribution < -0.4 is 14.9 Å². The summed E-state index contributed by atoms with van der Waals surface area (Å²) >= 11 is 3.44. The van der Waals surface area contributed by atoms with E-state index in [2.05, 4.69) is 36.4 Å². The molecule has 0 aliphatic heterocycles. The molecule has 0 saturated heterocycles. The SMILES string of the molecule is COc1cc(OC)c(/C=N/Nc2nc(C)cc(C)n2)cc1Br. The molecule has 1 aromatic heterocycles. The van der Waals surface area contributed by atoms with Crippen molar-refractivity contribution in [1.82, 2.24) is 9.97 Å². The molecule has 22 heavy (non-hydrogen) atoms. The van der Waals surface area contributed by atoms with Crippen molar-refractivity contribution in [2.45, 2.75) is 13.8 Å². The van der Waals surface area contributed by atoms with Gasteiger partial charge in [-0.3, -0.25) is 0 Å². The molecule has 0 aliphatic carbocycles. The first-order valence-corrected chi connectivity index (χ1v) is 7.35. The third kappa shape index (κ3) is 3.94. The van der Waals surface area contributed by atoms with Gasteiger partial charge in [0.2, 0.25) is 5.95 Å². The summed E-state index contributed by atoms with van der Waals surface area (Å²) in [5.74, 6) is 1.81. The highest BCUT2D eigenvalue weighted by Crippen LogP contribution is 2.31. The van der Waals surface area contributed by atoms with Crippen LogP contribution in [0.1, 0.15) is 17.0 Å². The second-order valence-electron chi connectivity index (χ2n) is 4.57. The largest absolute Gasteiger partial charge is 0.496 e. The zero-order chi connectivity index (χ0) is 16.1. The molecule has 116 valence electrons. The molecule has 6 nitrogen and oxygen atoms in total. The van der Waals surface area contributed by atoms with Crippen molar-refractivity contribution < 1.29 is 9.47 Å². The van der Waals surface area contributed by atoms with Gasteiger partial charge in [-0.15, -0.1) is 0 Å². The number of ether oxygens (including phenoxy) is 2. The molecule has 0 radical (unpaired) electrons. The van der Waals surface area contributed by atoms with Gasteiger partial charge < -0.3 is 9.47 Å². The minimum absolute atomic E-state index is 0.459. The Balaban J connectivity index is 2.20. The summed E-state index contributed by atoms with van der Waals surface area (Å²) < 4.78 is 11.4. The second kappa shape index (κ2) is 7.22. The number of methoxy groups -OCH3 is 2. The predicted molar refractivity (Wildman–Crippen MR) is 90.0 cm³/mol. The Morgan fingerprint density at radius 3 is 2.27 bits per heavy atom. The lowest BCUT2D eigenvalue weighted by Crippen LogP contribution is -2.00. The molecule has 2 rings (SSSR count). The Kier molecular flexibility index (Phi) is 5.32. The van der Waals surface area contributed by atoms with Crippen molar-refractivity contribution >= 4 is 28.1 Å². The summed E-state index contributed by atoms with van der Waals surface area (Å²) in [5.41, 5.74) is 5.39. The molecule has 1 heterocycles. The maximum atomic E-state index is 5.33. The van der Waals surface area contributed by atoms with E-state index in [1.54, 1.807) is 26.5 Å². The molecule has 0 bridgehead atoms. The normalized spacial score (nSPS) is 10.8. The highest BCUT2D eigenvalue weighted by Gasteiger charge is 2.08. The molecule has 0 amide bonds. The maximum Gasteiger partial charge on any atom is 0.243 e. The minimum Gasteiger partial charge on any atom is -0.496 e. The third-order valence-electron chi connectivity index (χ3n) is 2.85. The Bertz CT molecular complexity index is 684. The lowest BCUT2D eigenvalue weighted by molar-refractivity contribution is 0.392. The number of nitrogens with one attached hydrogen (secondary N) is 1. The molecule has 7 heteroatoms. The topological polar surface area (TPSA) is 68.6 Å².